The standard InChI is InChI=1S/C16H24N2/c17-15-8-3-1-2-7-14(15)12-18-11-10-13-6-4-5-9-16(13)18/h4-6,9,14-15H,1-3,7-8,10-12,17H2. The van der Waals surface area contributed by atoms with Gasteiger partial charge in [-0.15, -0.1) is 0 Å². The van der Waals surface area contributed by atoms with Gasteiger partial charge in [-0.05, 0) is 36.8 Å². The second-order valence-corrected chi connectivity index (χ2v) is 5.89. The average Bonchev–Trinajstić information content (AvgIpc) is 2.69. The molecular weight excluding hydrogens is 220 g/mol. The molecule has 0 amide bonds. The predicted molar refractivity (Wildman–Crippen MR) is 76.9 cm³/mol. The van der Waals surface area contributed by atoms with Crippen molar-refractivity contribution in [2.24, 2.45) is 11.7 Å². The van der Waals surface area contributed by atoms with Crippen LogP contribution in [0.1, 0.15) is 37.7 Å². The molecule has 2 aliphatic rings. The summed E-state index contributed by atoms with van der Waals surface area (Å²) >= 11 is 0. The van der Waals surface area contributed by atoms with Gasteiger partial charge < -0.3 is 10.6 Å². The Balaban J connectivity index is 1.70. The first kappa shape index (κ1) is 12.0. The maximum atomic E-state index is 6.35. The molecule has 1 fully saturated rings. The Morgan fingerprint density at radius 2 is 1.94 bits per heavy atom. The minimum atomic E-state index is 0.417. The van der Waals surface area contributed by atoms with E-state index in [1.54, 1.807) is 0 Å². The van der Waals surface area contributed by atoms with Crippen LogP contribution in [-0.2, 0) is 6.42 Å². The normalized spacial score (nSPS) is 27.9. The van der Waals surface area contributed by atoms with Gasteiger partial charge in [0.05, 0.1) is 0 Å². The van der Waals surface area contributed by atoms with E-state index in [4.69, 9.17) is 5.73 Å². The number of fused-ring (bicyclic) bond motifs is 1. The number of nitrogens with zero attached hydrogens (tertiary/aromatic N) is 1. The number of rotatable bonds is 2. The van der Waals surface area contributed by atoms with Gasteiger partial charge in [0.25, 0.3) is 0 Å². The Labute approximate surface area is 110 Å². The van der Waals surface area contributed by atoms with Crippen LogP contribution in [0.3, 0.4) is 0 Å². The topological polar surface area (TPSA) is 29.3 Å². The Kier molecular flexibility index (Phi) is 3.55. The van der Waals surface area contributed by atoms with Crippen molar-refractivity contribution >= 4 is 5.69 Å². The molecule has 18 heavy (non-hydrogen) atoms. The van der Waals surface area contributed by atoms with Crippen molar-refractivity contribution in [2.45, 2.75) is 44.6 Å². The van der Waals surface area contributed by atoms with Gasteiger partial charge in [-0.1, -0.05) is 37.5 Å². The number of anilines is 1. The molecule has 1 aliphatic carbocycles. The first-order valence-corrected chi connectivity index (χ1v) is 7.43. The van der Waals surface area contributed by atoms with Gasteiger partial charge in [-0.2, -0.15) is 0 Å². The van der Waals surface area contributed by atoms with E-state index in [0.29, 0.717) is 12.0 Å². The van der Waals surface area contributed by atoms with E-state index in [1.807, 2.05) is 0 Å². The summed E-state index contributed by atoms with van der Waals surface area (Å²) in [6, 6.07) is 9.26. The van der Waals surface area contributed by atoms with E-state index < -0.39 is 0 Å². The van der Waals surface area contributed by atoms with E-state index in [0.717, 1.165) is 6.54 Å². The lowest BCUT2D eigenvalue weighted by Crippen LogP contribution is -2.38. The highest BCUT2D eigenvalue weighted by Gasteiger charge is 2.26. The van der Waals surface area contributed by atoms with Crippen molar-refractivity contribution < 1.29 is 0 Å². The average molecular weight is 244 g/mol. The van der Waals surface area contributed by atoms with Crippen LogP contribution in [-0.4, -0.2) is 19.1 Å². The molecule has 0 saturated heterocycles. The van der Waals surface area contributed by atoms with E-state index in [9.17, 15) is 0 Å². The molecule has 1 aliphatic heterocycles. The summed E-state index contributed by atoms with van der Waals surface area (Å²) in [7, 11) is 0. The fourth-order valence-corrected chi connectivity index (χ4v) is 3.52. The summed E-state index contributed by atoms with van der Waals surface area (Å²) in [5.41, 5.74) is 9.32. The highest BCUT2D eigenvalue weighted by Crippen LogP contribution is 2.30. The number of para-hydroxylation sites is 1. The molecule has 1 aromatic rings. The van der Waals surface area contributed by atoms with Gasteiger partial charge in [-0.3, -0.25) is 0 Å². The zero-order chi connectivity index (χ0) is 12.4. The lowest BCUT2D eigenvalue weighted by atomic mass is 9.95. The largest absolute Gasteiger partial charge is 0.371 e. The first-order chi connectivity index (χ1) is 8.84. The zero-order valence-electron chi connectivity index (χ0n) is 11.1. The molecule has 0 aromatic heterocycles. The summed E-state index contributed by atoms with van der Waals surface area (Å²) in [6.45, 7) is 2.35. The Morgan fingerprint density at radius 1 is 1.11 bits per heavy atom. The fourth-order valence-electron chi connectivity index (χ4n) is 3.52. The summed E-state index contributed by atoms with van der Waals surface area (Å²) < 4.78 is 0. The summed E-state index contributed by atoms with van der Waals surface area (Å²) in [5, 5.41) is 0. The molecule has 2 nitrogen and oxygen atoms in total. The lowest BCUT2D eigenvalue weighted by molar-refractivity contribution is 0.398. The number of benzene rings is 1. The van der Waals surface area contributed by atoms with E-state index in [-0.39, 0.29) is 0 Å². The molecular formula is C16H24N2. The van der Waals surface area contributed by atoms with Gasteiger partial charge >= 0.3 is 0 Å². The van der Waals surface area contributed by atoms with Crippen molar-refractivity contribution in [3.05, 3.63) is 29.8 Å². The van der Waals surface area contributed by atoms with Crippen LogP contribution in [0.25, 0.3) is 0 Å². The second-order valence-electron chi connectivity index (χ2n) is 5.89. The lowest BCUT2D eigenvalue weighted by Gasteiger charge is -2.28. The fraction of sp³-hybridized carbons (Fsp3) is 0.625. The molecule has 98 valence electrons. The van der Waals surface area contributed by atoms with Crippen molar-refractivity contribution in [2.75, 3.05) is 18.0 Å². The number of hydrogen-bond donors (Lipinski definition) is 1. The van der Waals surface area contributed by atoms with Crippen molar-refractivity contribution in [1.29, 1.82) is 0 Å². The van der Waals surface area contributed by atoms with Gasteiger partial charge in [0.1, 0.15) is 0 Å². The van der Waals surface area contributed by atoms with Gasteiger partial charge in [0.15, 0.2) is 0 Å². The third-order valence-electron chi connectivity index (χ3n) is 4.66. The SMILES string of the molecule is NC1CCCCCC1CN1CCc2ccccc21. The first-order valence-electron chi connectivity index (χ1n) is 7.43. The molecule has 3 rings (SSSR count). The third-order valence-corrected chi connectivity index (χ3v) is 4.66. The van der Waals surface area contributed by atoms with Crippen LogP contribution < -0.4 is 10.6 Å². The number of nitrogens with two attached hydrogens (primary N) is 1. The highest BCUT2D eigenvalue weighted by molar-refractivity contribution is 5.57. The maximum absolute atomic E-state index is 6.35. The molecule has 2 atom stereocenters. The van der Waals surface area contributed by atoms with Gasteiger partial charge in [0.2, 0.25) is 0 Å². The third kappa shape index (κ3) is 2.39. The monoisotopic (exact) mass is 244 g/mol. The van der Waals surface area contributed by atoms with E-state index in [2.05, 4.69) is 29.2 Å². The maximum Gasteiger partial charge on any atom is 0.0399 e. The quantitative estimate of drug-likeness (QED) is 0.810. The summed E-state index contributed by atoms with van der Waals surface area (Å²) in [4.78, 5) is 2.56. The smallest absolute Gasteiger partial charge is 0.0399 e. The predicted octanol–water partition coefficient (Wildman–Crippen LogP) is 2.96. The summed E-state index contributed by atoms with van der Waals surface area (Å²) in [5.74, 6) is 0.693. The zero-order valence-corrected chi connectivity index (χ0v) is 11.1. The van der Waals surface area contributed by atoms with Crippen molar-refractivity contribution in [3.8, 4) is 0 Å². The molecule has 2 unspecified atom stereocenters. The minimum absolute atomic E-state index is 0.417. The Hall–Kier alpha value is -1.02. The highest BCUT2D eigenvalue weighted by atomic mass is 15.1. The molecule has 1 saturated carbocycles. The minimum Gasteiger partial charge on any atom is -0.371 e. The molecule has 0 bridgehead atoms. The van der Waals surface area contributed by atoms with E-state index in [1.165, 1.54) is 56.3 Å². The van der Waals surface area contributed by atoms with Crippen molar-refractivity contribution in [3.63, 3.8) is 0 Å². The second kappa shape index (κ2) is 5.31. The van der Waals surface area contributed by atoms with E-state index >= 15 is 0 Å². The Morgan fingerprint density at radius 3 is 2.89 bits per heavy atom. The van der Waals surface area contributed by atoms with Crippen LogP contribution in [0.15, 0.2) is 24.3 Å². The summed E-state index contributed by atoms with van der Waals surface area (Å²) in [6.07, 6.45) is 7.82. The molecule has 1 heterocycles. The van der Waals surface area contributed by atoms with Crippen LogP contribution in [0.5, 0.6) is 0 Å². The van der Waals surface area contributed by atoms with Crippen molar-refractivity contribution in [1.82, 2.24) is 0 Å². The van der Waals surface area contributed by atoms with Crippen LogP contribution >= 0.6 is 0 Å². The molecule has 2 heteroatoms. The molecule has 0 spiro atoms. The van der Waals surface area contributed by atoms with Crippen LogP contribution in [0.4, 0.5) is 5.69 Å². The molecule has 0 radical (unpaired) electrons. The molecule has 1 aromatic carbocycles. The van der Waals surface area contributed by atoms with Gasteiger partial charge in [0, 0.05) is 24.8 Å². The number of hydrogen-bond acceptors (Lipinski definition) is 2. The Bertz CT molecular complexity index is 402. The van der Waals surface area contributed by atoms with Crippen LogP contribution in [0.2, 0.25) is 0 Å². The molecule has 2 N–H and O–H groups in total. The van der Waals surface area contributed by atoms with Crippen LogP contribution in [0, 0.1) is 5.92 Å². The van der Waals surface area contributed by atoms with Gasteiger partial charge in [-0.25, -0.2) is 0 Å².